The Bertz CT molecular complexity index is 998. The summed E-state index contributed by atoms with van der Waals surface area (Å²) in [6, 6.07) is 11.9. The molecule has 148 valence electrons. The van der Waals surface area contributed by atoms with Gasteiger partial charge in [0.2, 0.25) is 15.9 Å². The summed E-state index contributed by atoms with van der Waals surface area (Å²) in [7, 11) is -3.63. The Morgan fingerprint density at radius 2 is 1.82 bits per heavy atom. The summed E-state index contributed by atoms with van der Waals surface area (Å²) in [5.41, 5.74) is 0.765. The molecule has 0 aliphatic heterocycles. The summed E-state index contributed by atoms with van der Waals surface area (Å²) in [4.78, 5) is 22.5. The molecule has 0 aromatic heterocycles. The number of carbonyl (C=O) groups is 1. The van der Waals surface area contributed by atoms with Gasteiger partial charge < -0.3 is 5.32 Å². The van der Waals surface area contributed by atoms with Crippen molar-refractivity contribution in [1.82, 2.24) is 4.31 Å². The van der Waals surface area contributed by atoms with E-state index in [0.29, 0.717) is 24.3 Å². The fourth-order valence-electron chi connectivity index (χ4n) is 2.54. The summed E-state index contributed by atoms with van der Waals surface area (Å²) in [5, 5.41) is 13.4. The number of sulfonamides is 1. The van der Waals surface area contributed by atoms with Gasteiger partial charge in [-0.2, -0.15) is 4.31 Å². The lowest BCUT2D eigenvalue weighted by molar-refractivity contribution is -0.384. The third-order valence-corrected chi connectivity index (χ3v) is 6.00. The van der Waals surface area contributed by atoms with Crippen LogP contribution in [0.15, 0.2) is 59.5 Å². The minimum Gasteiger partial charge on any atom is -0.322 e. The molecule has 0 aliphatic rings. The van der Waals surface area contributed by atoms with Gasteiger partial charge in [-0.15, -0.1) is 0 Å². The van der Waals surface area contributed by atoms with Crippen LogP contribution < -0.4 is 5.32 Å². The van der Waals surface area contributed by atoms with Gasteiger partial charge in [-0.3, -0.25) is 14.9 Å². The average Bonchev–Trinajstić information content (AvgIpc) is 2.67. The highest BCUT2D eigenvalue weighted by Crippen LogP contribution is 2.20. The first kappa shape index (κ1) is 21.3. The van der Waals surface area contributed by atoms with E-state index in [9.17, 15) is 23.3 Å². The van der Waals surface area contributed by atoms with Crippen molar-refractivity contribution in [2.75, 3.05) is 18.4 Å². The van der Waals surface area contributed by atoms with Crippen molar-refractivity contribution in [1.29, 1.82) is 0 Å². The van der Waals surface area contributed by atoms with Gasteiger partial charge in [-0.05, 0) is 29.8 Å². The third kappa shape index (κ3) is 5.24. The van der Waals surface area contributed by atoms with Crippen LogP contribution in [-0.2, 0) is 14.8 Å². The molecule has 1 N–H and O–H groups in total. The van der Waals surface area contributed by atoms with Crippen molar-refractivity contribution in [2.45, 2.75) is 18.7 Å². The number of carbonyl (C=O) groups excluding carboxylic acids is 1. The maximum Gasteiger partial charge on any atom is 0.270 e. The highest BCUT2D eigenvalue weighted by molar-refractivity contribution is 7.89. The van der Waals surface area contributed by atoms with Crippen molar-refractivity contribution in [3.63, 3.8) is 0 Å². The van der Waals surface area contributed by atoms with Crippen LogP contribution in [0.5, 0.6) is 0 Å². The summed E-state index contributed by atoms with van der Waals surface area (Å²) in [6.45, 7) is 4.21. The molecule has 0 atom stereocenters. The van der Waals surface area contributed by atoms with E-state index in [-0.39, 0.29) is 10.6 Å². The van der Waals surface area contributed by atoms with Crippen LogP contribution in [0.25, 0.3) is 6.08 Å². The van der Waals surface area contributed by atoms with Crippen LogP contribution in [0.3, 0.4) is 0 Å². The average molecular weight is 403 g/mol. The number of nitro groups is 1. The molecule has 0 saturated carbocycles. The minimum absolute atomic E-state index is 0.0723. The lowest BCUT2D eigenvalue weighted by Crippen LogP contribution is -2.30. The lowest BCUT2D eigenvalue weighted by atomic mass is 10.2. The minimum atomic E-state index is -3.63. The Morgan fingerprint density at radius 3 is 2.46 bits per heavy atom. The molecule has 2 aromatic carbocycles. The Hall–Kier alpha value is -3.04. The first-order chi connectivity index (χ1) is 13.3. The molecule has 9 heteroatoms. The first-order valence-electron chi connectivity index (χ1n) is 8.61. The standard InChI is InChI=1S/C19H21N3O5S/c1-3-21(4-2)28(26,27)18-10-6-8-16(14-18)20-19(23)12-11-15-7-5-9-17(13-15)22(24)25/h5-14H,3-4H2,1-2H3,(H,20,23)/b12-11+. The second kappa shape index (κ2) is 9.25. The van der Waals surface area contributed by atoms with Crippen molar-refractivity contribution in [3.8, 4) is 0 Å². The topological polar surface area (TPSA) is 110 Å². The van der Waals surface area contributed by atoms with E-state index >= 15 is 0 Å². The predicted molar refractivity (Wildman–Crippen MR) is 107 cm³/mol. The molecule has 28 heavy (non-hydrogen) atoms. The summed E-state index contributed by atoms with van der Waals surface area (Å²) in [6.07, 6.45) is 2.67. The van der Waals surface area contributed by atoms with Gasteiger partial charge in [0.25, 0.3) is 5.69 Å². The van der Waals surface area contributed by atoms with Crippen LogP contribution in [-0.4, -0.2) is 36.6 Å². The first-order valence-corrected chi connectivity index (χ1v) is 10.1. The van der Waals surface area contributed by atoms with E-state index in [0.717, 1.165) is 0 Å². The maximum absolute atomic E-state index is 12.6. The summed E-state index contributed by atoms with van der Waals surface area (Å²) < 4.78 is 26.5. The lowest BCUT2D eigenvalue weighted by Gasteiger charge is -2.18. The highest BCUT2D eigenvalue weighted by atomic mass is 32.2. The van der Waals surface area contributed by atoms with Crippen molar-refractivity contribution < 1.29 is 18.1 Å². The number of hydrogen-bond acceptors (Lipinski definition) is 5. The Kier molecular flexibility index (Phi) is 7.02. The highest BCUT2D eigenvalue weighted by Gasteiger charge is 2.21. The van der Waals surface area contributed by atoms with Gasteiger partial charge in [0.05, 0.1) is 9.82 Å². The van der Waals surface area contributed by atoms with Gasteiger partial charge in [-0.1, -0.05) is 32.0 Å². The van der Waals surface area contributed by atoms with Gasteiger partial charge in [0.1, 0.15) is 0 Å². The van der Waals surface area contributed by atoms with Crippen molar-refractivity contribution in [2.24, 2.45) is 0 Å². The Balaban J connectivity index is 2.15. The number of hydrogen-bond donors (Lipinski definition) is 1. The third-order valence-electron chi connectivity index (χ3n) is 3.95. The number of non-ortho nitro benzene ring substituents is 1. The van der Waals surface area contributed by atoms with E-state index in [2.05, 4.69) is 5.32 Å². The molecule has 2 aromatic rings. The fraction of sp³-hybridized carbons (Fsp3) is 0.211. The molecule has 0 heterocycles. The number of anilines is 1. The van der Waals surface area contributed by atoms with Crippen LogP contribution in [0.4, 0.5) is 11.4 Å². The molecular formula is C19H21N3O5S. The number of nitro benzene ring substituents is 1. The number of amides is 1. The zero-order valence-electron chi connectivity index (χ0n) is 15.5. The smallest absolute Gasteiger partial charge is 0.270 e. The number of nitrogens with zero attached hydrogens (tertiary/aromatic N) is 2. The van der Waals surface area contributed by atoms with Gasteiger partial charge in [-0.25, -0.2) is 8.42 Å². The maximum atomic E-state index is 12.6. The molecule has 0 bridgehead atoms. The Morgan fingerprint density at radius 1 is 1.14 bits per heavy atom. The molecule has 8 nitrogen and oxygen atoms in total. The van der Waals surface area contributed by atoms with E-state index < -0.39 is 20.9 Å². The van der Waals surface area contributed by atoms with Crippen LogP contribution >= 0.6 is 0 Å². The molecule has 0 aliphatic carbocycles. The Labute approximate surface area is 163 Å². The summed E-state index contributed by atoms with van der Waals surface area (Å²) >= 11 is 0. The quantitative estimate of drug-likeness (QED) is 0.413. The fourth-order valence-corrected chi connectivity index (χ4v) is 4.05. The molecule has 2 rings (SSSR count). The normalized spacial score (nSPS) is 11.7. The molecule has 0 fully saturated rings. The van der Waals surface area contributed by atoms with Gasteiger partial charge >= 0.3 is 0 Å². The molecular weight excluding hydrogens is 382 g/mol. The van der Waals surface area contributed by atoms with E-state index in [1.165, 1.54) is 46.8 Å². The second-order valence-electron chi connectivity index (χ2n) is 5.79. The van der Waals surface area contributed by atoms with Gasteiger partial charge in [0.15, 0.2) is 0 Å². The number of nitrogens with one attached hydrogen (secondary N) is 1. The van der Waals surface area contributed by atoms with Gasteiger partial charge in [0, 0.05) is 37.0 Å². The second-order valence-corrected chi connectivity index (χ2v) is 7.73. The van der Waals surface area contributed by atoms with Crippen LogP contribution in [0, 0.1) is 10.1 Å². The zero-order valence-corrected chi connectivity index (χ0v) is 16.3. The van der Waals surface area contributed by atoms with Crippen LogP contribution in [0.2, 0.25) is 0 Å². The van der Waals surface area contributed by atoms with E-state index in [1.54, 1.807) is 32.0 Å². The summed E-state index contributed by atoms with van der Waals surface area (Å²) in [5.74, 6) is -0.483. The molecule has 0 spiro atoms. The number of rotatable bonds is 8. The zero-order chi connectivity index (χ0) is 20.7. The molecule has 0 unspecified atom stereocenters. The van der Waals surface area contributed by atoms with Crippen molar-refractivity contribution in [3.05, 3.63) is 70.3 Å². The van der Waals surface area contributed by atoms with E-state index in [1.807, 2.05) is 0 Å². The van der Waals surface area contributed by atoms with E-state index in [4.69, 9.17) is 0 Å². The SMILES string of the molecule is CCN(CC)S(=O)(=O)c1cccc(NC(=O)/C=C/c2cccc([N+](=O)[O-])c2)c1. The van der Waals surface area contributed by atoms with Crippen molar-refractivity contribution >= 4 is 33.4 Å². The van der Waals surface area contributed by atoms with Crippen LogP contribution in [0.1, 0.15) is 19.4 Å². The molecule has 1 amide bonds. The molecule has 0 radical (unpaired) electrons. The predicted octanol–water partition coefficient (Wildman–Crippen LogP) is 3.28. The monoisotopic (exact) mass is 403 g/mol. The molecule has 0 saturated heterocycles. The number of benzene rings is 2. The largest absolute Gasteiger partial charge is 0.322 e.